The van der Waals surface area contributed by atoms with Crippen LogP contribution in [0.2, 0.25) is 0 Å². The van der Waals surface area contributed by atoms with Crippen LogP contribution in [-0.4, -0.2) is 73.5 Å². The number of nitrogens with two attached hydrogens (primary N) is 1. The number of anilines is 1. The predicted octanol–water partition coefficient (Wildman–Crippen LogP) is 5.39. The number of esters is 3. The second kappa shape index (κ2) is 20.0. The van der Waals surface area contributed by atoms with Gasteiger partial charge in [0.1, 0.15) is 23.3 Å². The third-order valence-electron chi connectivity index (χ3n) is 8.83. The number of carbonyl (C=O) groups excluding carboxylic acids is 5. The summed E-state index contributed by atoms with van der Waals surface area (Å²) in [4.78, 5) is 67.5. The van der Waals surface area contributed by atoms with Gasteiger partial charge in [0, 0.05) is 42.4 Å². The van der Waals surface area contributed by atoms with Gasteiger partial charge in [0.25, 0.3) is 5.91 Å². The zero-order valence-electron chi connectivity index (χ0n) is 32.9. The lowest BCUT2D eigenvalue weighted by Gasteiger charge is -2.18. The summed E-state index contributed by atoms with van der Waals surface area (Å²) < 4.78 is 26.1. The number of rotatable bonds is 18. The van der Waals surface area contributed by atoms with Gasteiger partial charge in [0.05, 0.1) is 13.0 Å². The van der Waals surface area contributed by atoms with E-state index in [1.165, 1.54) is 20.1 Å². The van der Waals surface area contributed by atoms with Crippen molar-refractivity contribution in [1.29, 1.82) is 5.41 Å². The Morgan fingerprint density at radius 3 is 2.26 bits per heavy atom. The largest absolute Gasteiger partial charge is 0.496 e. The molecule has 6 N–H and O–H groups in total. The van der Waals surface area contributed by atoms with Crippen LogP contribution in [0.4, 0.5) is 10.5 Å². The van der Waals surface area contributed by atoms with E-state index in [2.05, 4.69) is 27.5 Å². The van der Waals surface area contributed by atoms with Crippen molar-refractivity contribution in [3.8, 4) is 16.9 Å². The second-order valence-corrected chi connectivity index (χ2v) is 14.0. The standard InChI is InChI=1S/C41H50N6O10/c1-8-26-17-28(20-44-29-13-11-27(12-14-29)36(43)47-41(52)57-24(6)56-38(49)23(4)5)31(18-33(26)53-7)30-15-16-32(37(48)45-19-25-9-10-25)46-35(30)40(51)55-21-54-39(50)34(42)22(2)3/h8,11-18,22-25,34,44H,1,9-10,19-21,42H2,2-7H3,(H,45,48)(H2,43,47,52)/t24?,34-/m0/s1. The summed E-state index contributed by atoms with van der Waals surface area (Å²) >= 11 is 0. The molecule has 3 aromatic rings. The molecule has 0 radical (unpaired) electrons. The van der Waals surface area contributed by atoms with E-state index in [1.807, 2.05) is 6.07 Å². The van der Waals surface area contributed by atoms with Gasteiger partial charge in [-0.05, 0) is 84.3 Å². The number of ether oxygens (including phenoxy) is 5. The first-order valence-corrected chi connectivity index (χ1v) is 18.4. The predicted molar refractivity (Wildman–Crippen MR) is 211 cm³/mol. The van der Waals surface area contributed by atoms with Gasteiger partial charge in [0.15, 0.2) is 5.69 Å². The maximum Gasteiger partial charge on any atom is 0.415 e. The van der Waals surface area contributed by atoms with Crippen molar-refractivity contribution in [1.82, 2.24) is 15.6 Å². The van der Waals surface area contributed by atoms with Crippen molar-refractivity contribution in [2.24, 2.45) is 23.5 Å². The summed E-state index contributed by atoms with van der Waals surface area (Å²) in [5.41, 5.74) is 8.84. The third kappa shape index (κ3) is 12.4. The maximum absolute atomic E-state index is 13.6. The molecule has 1 aromatic heterocycles. The lowest BCUT2D eigenvalue weighted by molar-refractivity contribution is -0.168. The van der Waals surface area contributed by atoms with E-state index >= 15 is 0 Å². The molecular formula is C41H50N6O10. The molecule has 1 saturated carbocycles. The maximum atomic E-state index is 13.6. The molecular weight excluding hydrogens is 736 g/mol. The molecule has 0 bridgehead atoms. The van der Waals surface area contributed by atoms with Crippen molar-refractivity contribution in [2.75, 3.05) is 25.8 Å². The van der Waals surface area contributed by atoms with E-state index in [1.54, 1.807) is 70.2 Å². The van der Waals surface area contributed by atoms with Crippen LogP contribution in [0.25, 0.3) is 17.2 Å². The van der Waals surface area contributed by atoms with E-state index in [0.29, 0.717) is 51.7 Å². The summed E-state index contributed by atoms with van der Waals surface area (Å²) in [6.07, 6.45) is 1.58. The van der Waals surface area contributed by atoms with Gasteiger partial charge in [-0.1, -0.05) is 40.3 Å². The number of nitrogens with one attached hydrogen (secondary N) is 4. The molecule has 2 aromatic carbocycles. The summed E-state index contributed by atoms with van der Waals surface area (Å²) in [7, 11) is 1.50. The Balaban J connectivity index is 1.57. The number of pyridine rings is 1. The molecule has 304 valence electrons. The van der Waals surface area contributed by atoms with E-state index in [0.717, 1.165) is 12.8 Å². The number of benzene rings is 2. The molecule has 0 saturated heterocycles. The van der Waals surface area contributed by atoms with E-state index in [4.69, 9.17) is 34.8 Å². The molecule has 16 heteroatoms. The fourth-order valence-electron chi connectivity index (χ4n) is 5.19. The summed E-state index contributed by atoms with van der Waals surface area (Å²) in [5, 5.41) is 16.8. The Bertz CT molecular complexity index is 1980. The second-order valence-electron chi connectivity index (χ2n) is 14.0. The van der Waals surface area contributed by atoms with Gasteiger partial charge < -0.3 is 40.1 Å². The van der Waals surface area contributed by atoms with Crippen molar-refractivity contribution in [3.63, 3.8) is 0 Å². The highest BCUT2D eigenvalue weighted by molar-refractivity contribution is 6.04. The summed E-state index contributed by atoms with van der Waals surface area (Å²) in [5.74, 6) is -2.64. The molecule has 0 aliphatic heterocycles. The highest BCUT2D eigenvalue weighted by Crippen LogP contribution is 2.35. The number of alkyl carbamates (subject to hydrolysis) is 1. The first-order valence-electron chi connectivity index (χ1n) is 18.4. The third-order valence-corrected chi connectivity index (χ3v) is 8.83. The van der Waals surface area contributed by atoms with E-state index in [9.17, 15) is 24.0 Å². The number of aromatic nitrogens is 1. The number of methoxy groups -OCH3 is 1. The molecule has 1 unspecified atom stereocenters. The summed E-state index contributed by atoms with van der Waals surface area (Å²) in [6, 6.07) is 12.4. The van der Waals surface area contributed by atoms with Crippen molar-refractivity contribution < 1.29 is 47.7 Å². The van der Waals surface area contributed by atoms with Gasteiger partial charge in [-0.2, -0.15) is 0 Å². The SMILES string of the molecule is C=Cc1cc(CNc2ccc(C(=N)NC(=O)OC(C)OC(=O)C(C)C)cc2)c(-c2ccc(C(=O)NCC3CC3)nc2C(=O)OCOC(=O)[C@@H](N)C(C)C)cc1OC. The van der Waals surface area contributed by atoms with Crippen LogP contribution in [0.5, 0.6) is 5.75 Å². The van der Waals surface area contributed by atoms with Gasteiger partial charge in [-0.3, -0.25) is 25.1 Å². The van der Waals surface area contributed by atoms with Gasteiger partial charge >= 0.3 is 24.0 Å². The lowest BCUT2D eigenvalue weighted by Crippen LogP contribution is -2.37. The van der Waals surface area contributed by atoms with Crippen LogP contribution in [0.15, 0.2) is 55.1 Å². The molecule has 1 heterocycles. The average molecular weight is 787 g/mol. The van der Waals surface area contributed by atoms with Gasteiger partial charge in [0.2, 0.25) is 13.1 Å². The zero-order valence-corrected chi connectivity index (χ0v) is 32.9. The van der Waals surface area contributed by atoms with Crippen LogP contribution in [0.1, 0.15) is 85.1 Å². The first kappa shape index (κ1) is 43.4. The summed E-state index contributed by atoms with van der Waals surface area (Å²) in [6.45, 7) is 12.1. The minimum absolute atomic E-state index is 0.00277. The Morgan fingerprint density at radius 1 is 0.947 bits per heavy atom. The number of hydrogen-bond donors (Lipinski definition) is 5. The monoisotopic (exact) mass is 786 g/mol. The molecule has 1 fully saturated rings. The van der Waals surface area contributed by atoms with E-state index in [-0.39, 0.29) is 29.7 Å². The Kier molecular flexibility index (Phi) is 15.3. The molecule has 1 aliphatic carbocycles. The number of hydrogen-bond acceptors (Lipinski definition) is 14. The number of amides is 2. The van der Waals surface area contributed by atoms with Crippen molar-refractivity contribution in [3.05, 3.63) is 83.2 Å². The lowest BCUT2D eigenvalue weighted by atomic mass is 9.94. The topological polar surface area (TPSA) is 230 Å². The molecule has 4 rings (SSSR count). The van der Waals surface area contributed by atoms with Gasteiger partial charge in [-0.15, -0.1) is 0 Å². The Hall–Kier alpha value is -6.29. The highest BCUT2D eigenvalue weighted by Gasteiger charge is 2.26. The van der Waals surface area contributed by atoms with Crippen LogP contribution in [0.3, 0.4) is 0 Å². The van der Waals surface area contributed by atoms with Crippen LogP contribution in [0, 0.1) is 23.2 Å². The normalized spacial score (nSPS) is 13.1. The average Bonchev–Trinajstić information content (AvgIpc) is 4.02. The van der Waals surface area contributed by atoms with Crippen LogP contribution in [-0.2, 0) is 35.1 Å². The van der Waals surface area contributed by atoms with Crippen molar-refractivity contribution in [2.45, 2.75) is 66.3 Å². The Labute approximate surface area is 331 Å². The quantitative estimate of drug-likeness (QED) is 0.0472. The molecule has 57 heavy (non-hydrogen) atoms. The molecule has 0 spiro atoms. The van der Waals surface area contributed by atoms with Gasteiger partial charge in [-0.25, -0.2) is 14.6 Å². The molecule has 16 nitrogen and oxygen atoms in total. The molecule has 1 aliphatic rings. The van der Waals surface area contributed by atoms with E-state index < -0.39 is 55.0 Å². The fourth-order valence-corrected chi connectivity index (χ4v) is 5.19. The molecule has 2 amide bonds. The van der Waals surface area contributed by atoms with Crippen molar-refractivity contribution >= 4 is 47.5 Å². The first-order chi connectivity index (χ1) is 27.1. The smallest absolute Gasteiger partial charge is 0.415 e. The minimum atomic E-state index is -1.14. The van der Waals surface area contributed by atoms with Crippen LogP contribution >= 0.6 is 0 Å². The minimum Gasteiger partial charge on any atom is -0.496 e. The fraction of sp³-hybridized carbons (Fsp3) is 0.390. The zero-order chi connectivity index (χ0) is 41.8. The highest BCUT2D eigenvalue weighted by atomic mass is 16.7. The number of nitrogens with zero attached hydrogens (tertiary/aromatic N) is 1. The van der Waals surface area contributed by atoms with Crippen LogP contribution < -0.4 is 26.4 Å². The Morgan fingerprint density at radius 2 is 1.65 bits per heavy atom. The molecule has 2 atom stereocenters. The number of carbonyl (C=O) groups is 5. The number of amidine groups is 1.